The Bertz CT molecular complexity index is 783. The summed E-state index contributed by atoms with van der Waals surface area (Å²) in [6.45, 7) is 1.83. The minimum absolute atomic E-state index is 0.00155. The van der Waals surface area contributed by atoms with E-state index < -0.39 is 11.7 Å². The van der Waals surface area contributed by atoms with Gasteiger partial charge in [0.1, 0.15) is 11.6 Å². The molecule has 0 saturated heterocycles. The van der Waals surface area contributed by atoms with Crippen molar-refractivity contribution in [3.63, 3.8) is 0 Å². The molecule has 7 heteroatoms. The SMILES string of the molecule is C[C@@H](NC(=O)CCNC(=O)c1ccc(F)cc1Cl)c1cccc(F)c1. The van der Waals surface area contributed by atoms with Crippen molar-refractivity contribution in [2.45, 2.75) is 19.4 Å². The fourth-order valence-corrected chi connectivity index (χ4v) is 2.48. The molecule has 0 aliphatic heterocycles. The van der Waals surface area contributed by atoms with Crippen molar-refractivity contribution in [1.82, 2.24) is 10.6 Å². The van der Waals surface area contributed by atoms with Crippen LogP contribution in [0.1, 0.15) is 35.3 Å². The summed E-state index contributed by atoms with van der Waals surface area (Å²) in [6, 6.07) is 9.06. The second kappa shape index (κ2) is 8.58. The van der Waals surface area contributed by atoms with E-state index in [9.17, 15) is 18.4 Å². The second-order valence-corrected chi connectivity index (χ2v) is 5.88. The Morgan fingerprint density at radius 2 is 1.84 bits per heavy atom. The lowest BCUT2D eigenvalue weighted by atomic mass is 10.1. The number of rotatable bonds is 6. The number of benzene rings is 2. The fourth-order valence-electron chi connectivity index (χ4n) is 2.23. The van der Waals surface area contributed by atoms with Crippen molar-refractivity contribution >= 4 is 23.4 Å². The zero-order chi connectivity index (χ0) is 18.4. The molecule has 0 fully saturated rings. The van der Waals surface area contributed by atoms with Gasteiger partial charge in [0.15, 0.2) is 0 Å². The highest BCUT2D eigenvalue weighted by molar-refractivity contribution is 6.33. The van der Waals surface area contributed by atoms with Crippen molar-refractivity contribution in [2.24, 2.45) is 0 Å². The molecule has 0 aliphatic carbocycles. The highest BCUT2D eigenvalue weighted by atomic mass is 35.5. The standard InChI is InChI=1S/C18H17ClF2N2O2/c1-11(12-3-2-4-13(20)9-12)23-17(24)7-8-22-18(25)15-6-5-14(21)10-16(15)19/h2-6,9-11H,7-8H2,1H3,(H,22,25)(H,23,24)/t11-/m1/s1. The van der Waals surface area contributed by atoms with E-state index in [1.165, 1.54) is 18.2 Å². The number of amides is 2. The molecule has 2 amide bonds. The molecule has 2 aromatic rings. The van der Waals surface area contributed by atoms with E-state index in [0.717, 1.165) is 12.1 Å². The molecule has 0 spiro atoms. The summed E-state index contributed by atoms with van der Waals surface area (Å²) in [5.74, 6) is -1.69. The number of halogens is 3. The summed E-state index contributed by atoms with van der Waals surface area (Å²) in [4.78, 5) is 23.9. The van der Waals surface area contributed by atoms with E-state index in [-0.39, 0.29) is 41.3 Å². The number of nitrogens with one attached hydrogen (secondary N) is 2. The van der Waals surface area contributed by atoms with Gasteiger partial charge in [-0.2, -0.15) is 0 Å². The molecule has 2 rings (SSSR count). The largest absolute Gasteiger partial charge is 0.351 e. The van der Waals surface area contributed by atoms with Gasteiger partial charge in [-0.15, -0.1) is 0 Å². The molecule has 0 aromatic heterocycles. The number of carbonyl (C=O) groups is 2. The van der Waals surface area contributed by atoms with Crippen LogP contribution in [0.4, 0.5) is 8.78 Å². The van der Waals surface area contributed by atoms with E-state index >= 15 is 0 Å². The van der Waals surface area contributed by atoms with Gasteiger partial charge >= 0.3 is 0 Å². The Labute approximate surface area is 149 Å². The molecule has 0 unspecified atom stereocenters. The van der Waals surface area contributed by atoms with Crippen LogP contribution in [0.25, 0.3) is 0 Å². The maximum atomic E-state index is 13.2. The monoisotopic (exact) mass is 366 g/mol. The lowest BCUT2D eigenvalue weighted by Gasteiger charge is -2.14. The van der Waals surface area contributed by atoms with Crippen molar-refractivity contribution in [3.05, 3.63) is 70.2 Å². The van der Waals surface area contributed by atoms with Gasteiger partial charge in [-0.1, -0.05) is 23.7 Å². The molecule has 1 atom stereocenters. The van der Waals surface area contributed by atoms with Crippen molar-refractivity contribution in [1.29, 1.82) is 0 Å². The van der Waals surface area contributed by atoms with Crippen LogP contribution in [-0.2, 0) is 4.79 Å². The summed E-state index contributed by atoms with van der Waals surface area (Å²) >= 11 is 5.80. The Balaban J connectivity index is 1.81. The van der Waals surface area contributed by atoms with Crippen LogP contribution >= 0.6 is 11.6 Å². The van der Waals surface area contributed by atoms with Crippen LogP contribution in [0.15, 0.2) is 42.5 Å². The van der Waals surface area contributed by atoms with Gasteiger partial charge in [0.25, 0.3) is 5.91 Å². The summed E-state index contributed by atoms with van der Waals surface area (Å²) < 4.78 is 26.1. The van der Waals surface area contributed by atoms with Gasteiger partial charge in [-0.05, 0) is 42.8 Å². The lowest BCUT2D eigenvalue weighted by Crippen LogP contribution is -2.32. The smallest absolute Gasteiger partial charge is 0.252 e. The molecular weight excluding hydrogens is 350 g/mol. The topological polar surface area (TPSA) is 58.2 Å². The van der Waals surface area contributed by atoms with E-state index in [4.69, 9.17) is 11.6 Å². The van der Waals surface area contributed by atoms with Crippen LogP contribution in [0, 0.1) is 11.6 Å². The Morgan fingerprint density at radius 3 is 2.52 bits per heavy atom. The molecule has 0 aliphatic rings. The second-order valence-electron chi connectivity index (χ2n) is 5.47. The maximum Gasteiger partial charge on any atom is 0.252 e. The average Bonchev–Trinajstić information content (AvgIpc) is 2.54. The van der Waals surface area contributed by atoms with E-state index in [1.54, 1.807) is 19.1 Å². The van der Waals surface area contributed by atoms with Crippen molar-refractivity contribution in [2.75, 3.05) is 6.54 Å². The molecule has 2 aromatic carbocycles. The average molecular weight is 367 g/mol. The third kappa shape index (κ3) is 5.53. The first-order valence-electron chi connectivity index (χ1n) is 7.65. The summed E-state index contributed by atoms with van der Waals surface area (Å²) in [6.07, 6.45) is 0.0458. The molecule has 0 bridgehead atoms. The molecule has 132 valence electrons. The minimum Gasteiger partial charge on any atom is -0.351 e. The lowest BCUT2D eigenvalue weighted by molar-refractivity contribution is -0.121. The summed E-state index contributed by atoms with van der Waals surface area (Å²) in [5, 5.41) is 5.27. The predicted molar refractivity (Wildman–Crippen MR) is 91.3 cm³/mol. The Kier molecular flexibility index (Phi) is 6.47. The van der Waals surface area contributed by atoms with E-state index in [1.807, 2.05) is 0 Å². The zero-order valence-corrected chi connectivity index (χ0v) is 14.2. The zero-order valence-electron chi connectivity index (χ0n) is 13.5. The number of carbonyl (C=O) groups excluding carboxylic acids is 2. The van der Waals surface area contributed by atoms with Crippen LogP contribution in [-0.4, -0.2) is 18.4 Å². The Morgan fingerprint density at radius 1 is 1.12 bits per heavy atom. The first-order chi connectivity index (χ1) is 11.9. The van der Waals surface area contributed by atoms with Crippen LogP contribution in [0.5, 0.6) is 0 Å². The molecule has 25 heavy (non-hydrogen) atoms. The Hall–Kier alpha value is -2.47. The number of hydrogen-bond donors (Lipinski definition) is 2. The summed E-state index contributed by atoms with van der Waals surface area (Å²) in [7, 11) is 0. The first-order valence-corrected chi connectivity index (χ1v) is 8.02. The molecule has 4 nitrogen and oxygen atoms in total. The van der Waals surface area contributed by atoms with Crippen LogP contribution in [0.3, 0.4) is 0 Å². The highest BCUT2D eigenvalue weighted by Crippen LogP contribution is 2.17. The third-order valence-corrected chi connectivity index (χ3v) is 3.85. The molecule has 0 heterocycles. The highest BCUT2D eigenvalue weighted by Gasteiger charge is 2.13. The fraction of sp³-hybridized carbons (Fsp3) is 0.222. The third-order valence-electron chi connectivity index (χ3n) is 3.54. The molecule has 0 radical (unpaired) electrons. The van der Waals surface area contributed by atoms with Crippen molar-refractivity contribution in [3.8, 4) is 0 Å². The van der Waals surface area contributed by atoms with Gasteiger partial charge in [0, 0.05) is 13.0 Å². The van der Waals surface area contributed by atoms with E-state index in [0.29, 0.717) is 5.56 Å². The van der Waals surface area contributed by atoms with Crippen molar-refractivity contribution < 1.29 is 18.4 Å². The quantitative estimate of drug-likeness (QED) is 0.820. The van der Waals surface area contributed by atoms with E-state index in [2.05, 4.69) is 10.6 Å². The molecular formula is C18H17ClF2N2O2. The normalized spacial score (nSPS) is 11.7. The predicted octanol–water partition coefficient (Wildman–Crippen LogP) is 3.62. The van der Waals surface area contributed by atoms with Gasteiger partial charge in [0.05, 0.1) is 16.6 Å². The van der Waals surface area contributed by atoms with Crippen LogP contribution in [0.2, 0.25) is 5.02 Å². The van der Waals surface area contributed by atoms with Gasteiger partial charge in [-0.25, -0.2) is 8.78 Å². The van der Waals surface area contributed by atoms with Gasteiger partial charge in [-0.3, -0.25) is 9.59 Å². The molecule has 0 saturated carbocycles. The summed E-state index contributed by atoms with van der Waals surface area (Å²) in [5.41, 5.74) is 0.784. The van der Waals surface area contributed by atoms with Gasteiger partial charge in [0.2, 0.25) is 5.91 Å². The van der Waals surface area contributed by atoms with Crippen LogP contribution < -0.4 is 10.6 Å². The van der Waals surface area contributed by atoms with Gasteiger partial charge < -0.3 is 10.6 Å². The minimum atomic E-state index is -0.535. The first kappa shape index (κ1) is 18.9. The number of hydrogen-bond acceptors (Lipinski definition) is 2. The molecule has 2 N–H and O–H groups in total. The maximum absolute atomic E-state index is 13.2.